The van der Waals surface area contributed by atoms with Gasteiger partial charge in [-0.15, -0.1) is 11.3 Å². The molecule has 1 aromatic heterocycles. The van der Waals surface area contributed by atoms with Crippen molar-refractivity contribution in [2.24, 2.45) is 0 Å². The highest BCUT2D eigenvalue weighted by molar-refractivity contribution is 7.15. The summed E-state index contributed by atoms with van der Waals surface area (Å²) in [4.78, 5) is 7.48. The number of methoxy groups -OCH3 is 1. The van der Waals surface area contributed by atoms with Gasteiger partial charge in [0.1, 0.15) is 5.75 Å². The molecule has 1 atom stereocenters. The van der Waals surface area contributed by atoms with E-state index >= 15 is 0 Å². The second kappa shape index (κ2) is 6.84. The van der Waals surface area contributed by atoms with E-state index in [1.54, 1.807) is 6.07 Å². The highest BCUT2D eigenvalue weighted by Gasteiger charge is 2.32. The van der Waals surface area contributed by atoms with E-state index in [0.29, 0.717) is 29.0 Å². The number of halogens is 3. The molecule has 4 nitrogen and oxygen atoms in total. The Balaban J connectivity index is 2.01. The van der Waals surface area contributed by atoms with E-state index in [4.69, 9.17) is 10.5 Å². The molecular formula is C17H20F3N3OS. The van der Waals surface area contributed by atoms with E-state index in [-0.39, 0.29) is 5.75 Å². The number of aromatic nitrogens is 1. The molecule has 0 radical (unpaired) electrons. The Morgan fingerprint density at radius 3 is 2.72 bits per heavy atom. The predicted octanol–water partition coefficient (Wildman–Crippen LogP) is 4.40. The third-order valence-electron chi connectivity index (χ3n) is 4.49. The molecule has 0 unspecified atom stereocenters. The fraction of sp³-hybridized carbons (Fsp3) is 0.471. The molecule has 0 saturated carbocycles. The molecule has 3 rings (SSSR count). The first kappa shape index (κ1) is 18.0. The smallest absolute Gasteiger partial charge is 0.416 e. The van der Waals surface area contributed by atoms with Crippen molar-refractivity contribution >= 4 is 16.5 Å². The van der Waals surface area contributed by atoms with Gasteiger partial charge in [0.05, 0.1) is 18.4 Å². The minimum Gasteiger partial charge on any atom is -0.497 e. The molecular weight excluding hydrogens is 351 g/mol. The zero-order valence-electron chi connectivity index (χ0n) is 14.1. The van der Waals surface area contributed by atoms with Gasteiger partial charge < -0.3 is 10.5 Å². The highest BCUT2D eigenvalue weighted by atomic mass is 32.1. The maximum Gasteiger partial charge on any atom is 0.416 e. The van der Waals surface area contributed by atoms with Crippen LogP contribution in [0, 0.1) is 0 Å². The van der Waals surface area contributed by atoms with Crippen LogP contribution in [-0.4, -0.2) is 29.6 Å². The van der Waals surface area contributed by atoms with Gasteiger partial charge in [-0.25, -0.2) is 4.98 Å². The van der Waals surface area contributed by atoms with Gasteiger partial charge in [-0.05, 0) is 44.5 Å². The SMILES string of the molecule is COc1cc(-c2nc(N)sc2CN2CCC[C@H]2C)cc(C(F)(F)F)c1. The van der Waals surface area contributed by atoms with Crippen LogP contribution < -0.4 is 10.5 Å². The maximum atomic E-state index is 13.2. The van der Waals surface area contributed by atoms with Crippen molar-refractivity contribution < 1.29 is 17.9 Å². The van der Waals surface area contributed by atoms with Crippen molar-refractivity contribution in [3.63, 3.8) is 0 Å². The van der Waals surface area contributed by atoms with Crippen molar-refractivity contribution in [2.45, 2.75) is 38.5 Å². The lowest BCUT2D eigenvalue weighted by Crippen LogP contribution is -2.25. The molecule has 0 amide bonds. The lowest BCUT2D eigenvalue weighted by atomic mass is 10.1. The number of ether oxygens (including phenoxy) is 1. The molecule has 1 aliphatic rings. The zero-order valence-corrected chi connectivity index (χ0v) is 14.9. The first-order chi connectivity index (χ1) is 11.8. The number of hydrogen-bond donors (Lipinski definition) is 1. The van der Waals surface area contributed by atoms with Gasteiger partial charge in [-0.3, -0.25) is 4.90 Å². The van der Waals surface area contributed by atoms with Gasteiger partial charge in [0.2, 0.25) is 0 Å². The predicted molar refractivity (Wildman–Crippen MR) is 92.6 cm³/mol. The van der Waals surface area contributed by atoms with Crippen molar-refractivity contribution in [3.05, 3.63) is 28.6 Å². The van der Waals surface area contributed by atoms with Crippen LogP contribution in [0.4, 0.5) is 18.3 Å². The summed E-state index contributed by atoms with van der Waals surface area (Å²) in [5.41, 5.74) is 5.98. The Morgan fingerprint density at radius 1 is 1.36 bits per heavy atom. The van der Waals surface area contributed by atoms with E-state index in [0.717, 1.165) is 36.4 Å². The Morgan fingerprint density at radius 2 is 2.12 bits per heavy atom. The molecule has 136 valence electrons. The minimum absolute atomic E-state index is 0.150. The molecule has 1 aliphatic heterocycles. The van der Waals surface area contributed by atoms with Gasteiger partial charge in [0, 0.05) is 23.0 Å². The van der Waals surface area contributed by atoms with E-state index in [2.05, 4.69) is 16.8 Å². The topological polar surface area (TPSA) is 51.4 Å². The van der Waals surface area contributed by atoms with E-state index in [1.165, 1.54) is 18.4 Å². The summed E-state index contributed by atoms with van der Waals surface area (Å²) < 4.78 is 44.6. The van der Waals surface area contributed by atoms with E-state index in [1.807, 2.05) is 0 Å². The van der Waals surface area contributed by atoms with Crippen LogP contribution in [0.5, 0.6) is 5.75 Å². The standard InChI is InChI=1S/C17H20F3N3OS/c1-10-4-3-5-23(10)9-14-15(22-16(21)25-14)11-6-12(17(18,19)20)8-13(7-11)24-2/h6-8,10H,3-5,9H2,1-2H3,(H2,21,22)/t10-/m1/s1. The third-order valence-corrected chi connectivity index (χ3v) is 5.36. The largest absolute Gasteiger partial charge is 0.497 e. The molecule has 1 aromatic carbocycles. The fourth-order valence-electron chi connectivity index (χ4n) is 3.13. The van der Waals surface area contributed by atoms with Crippen LogP contribution in [0.2, 0.25) is 0 Å². The van der Waals surface area contributed by atoms with Gasteiger partial charge in [-0.2, -0.15) is 13.2 Å². The monoisotopic (exact) mass is 371 g/mol. The summed E-state index contributed by atoms with van der Waals surface area (Å²) in [6.45, 7) is 3.78. The Kier molecular flexibility index (Phi) is 4.92. The van der Waals surface area contributed by atoms with Crippen LogP contribution in [-0.2, 0) is 12.7 Å². The summed E-state index contributed by atoms with van der Waals surface area (Å²) in [7, 11) is 1.35. The third kappa shape index (κ3) is 3.90. The number of hydrogen-bond acceptors (Lipinski definition) is 5. The normalized spacial score (nSPS) is 18.7. The first-order valence-electron chi connectivity index (χ1n) is 8.04. The van der Waals surface area contributed by atoms with Gasteiger partial charge in [-0.1, -0.05) is 0 Å². The number of thiazole rings is 1. The van der Waals surface area contributed by atoms with Crippen LogP contribution >= 0.6 is 11.3 Å². The molecule has 1 fully saturated rings. The summed E-state index contributed by atoms with van der Waals surface area (Å²) in [5.74, 6) is 0.150. The van der Waals surface area contributed by atoms with E-state index in [9.17, 15) is 13.2 Å². The summed E-state index contributed by atoms with van der Waals surface area (Å²) in [6.07, 6.45) is -2.20. The van der Waals surface area contributed by atoms with Gasteiger partial charge in [0.25, 0.3) is 0 Å². The Labute approximate surface area is 148 Å². The molecule has 0 bridgehead atoms. The average Bonchev–Trinajstić information content (AvgIpc) is 3.12. The quantitative estimate of drug-likeness (QED) is 0.865. The van der Waals surface area contributed by atoms with Crippen molar-refractivity contribution in [3.8, 4) is 17.0 Å². The number of alkyl halides is 3. The number of nitrogen functional groups attached to an aromatic ring is 1. The Bertz CT molecular complexity index is 760. The Hall–Kier alpha value is -1.80. The number of benzene rings is 1. The molecule has 0 aliphatic carbocycles. The van der Waals surface area contributed by atoms with Crippen LogP contribution in [0.3, 0.4) is 0 Å². The lowest BCUT2D eigenvalue weighted by molar-refractivity contribution is -0.137. The summed E-state index contributed by atoms with van der Waals surface area (Å²) >= 11 is 1.33. The maximum absolute atomic E-state index is 13.2. The van der Waals surface area contributed by atoms with Crippen molar-refractivity contribution in [1.82, 2.24) is 9.88 Å². The number of rotatable bonds is 4. The zero-order chi connectivity index (χ0) is 18.2. The molecule has 8 heteroatoms. The molecule has 2 heterocycles. The number of nitrogens with two attached hydrogens (primary N) is 1. The molecule has 0 spiro atoms. The minimum atomic E-state index is -4.45. The van der Waals surface area contributed by atoms with Crippen molar-refractivity contribution in [1.29, 1.82) is 0 Å². The first-order valence-corrected chi connectivity index (χ1v) is 8.85. The highest BCUT2D eigenvalue weighted by Crippen LogP contribution is 2.38. The second-order valence-corrected chi connectivity index (χ2v) is 7.35. The molecule has 1 saturated heterocycles. The lowest BCUT2D eigenvalue weighted by Gasteiger charge is -2.20. The molecule has 25 heavy (non-hydrogen) atoms. The molecule has 2 aromatic rings. The van der Waals surface area contributed by atoms with Crippen molar-refractivity contribution in [2.75, 3.05) is 19.4 Å². The summed E-state index contributed by atoms with van der Waals surface area (Å²) in [6, 6.07) is 4.11. The second-order valence-electron chi connectivity index (χ2n) is 6.23. The van der Waals surface area contributed by atoms with Crippen LogP contribution in [0.25, 0.3) is 11.3 Å². The number of likely N-dealkylation sites (tertiary alicyclic amines) is 1. The van der Waals surface area contributed by atoms with Crippen LogP contribution in [0.15, 0.2) is 18.2 Å². The van der Waals surface area contributed by atoms with Gasteiger partial charge >= 0.3 is 6.18 Å². The summed E-state index contributed by atoms with van der Waals surface area (Å²) in [5, 5.41) is 0.355. The fourth-order valence-corrected chi connectivity index (χ4v) is 4.01. The molecule has 2 N–H and O–H groups in total. The average molecular weight is 371 g/mol. The van der Waals surface area contributed by atoms with Crippen LogP contribution in [0.1, 0.15) is 30.2 Å². The van der Waals surface area contributed by atoms with E-state index < -0.39 is 11.7 Å². The van der Waals surface area contributed by atoms with Gasteiger partial charge in [0.15, 0.2) is 5.13 Å². The number of nitrogens with zero attached hydrogens (tertiary/aromatic N) is 2. The number of anilines is 1.